The van der Waals surface area contributed by atoms with Gasteiger partial charge in [-0.2, -0.15) is 0 Å². The van der Waals surface area contributed by atoms with E-state index >= 15 is 0 Å². The van der Waals surface area contributed by atoms with Crippen molar-refractivity contribution >= 4 is 58.0 Å². The van der Waals surface area contributed by atoms with Crippen LogP contribution >= 0.6 is 58.0 Å². The quantitative estimate of drug-likeness (QED) is 0.135. The zero-order valence-corrected chi connectivity index (χ0v) is 41.8. The average molecular weight is 1030 g/mol. The van der Waals surface area contributed by atoms with Crippen molar-refractivity contribution in [2.24, 2.45) is 23.7 Å². The fourth-order valence-corrected chi connectivity index (χ4v) is 13.7. The summed E-state index contributed by atoms with van der Waals surface area (Å²) in [5.74, 6) is 3.51. The Kier molecular flexibility index (Phi) is 14.4. The van der Waals surface area contributed by atoms with Crippen molar-refractivity contribution in [3.63, 3.8) is 0 Å². The lowest BCUT2D eigenvalue weighted by Crippen LogP contribution is -2.54. The normalized spacial score (nSPS) is 29.9. The largest absolute Gasteiger partial charge is 0.387 e. The Hall–Kier alpha value is -2.01. The van der Waals surface area contributed by atoms with Crippen LogP contribution in [0.25, 0.3) is 22.5 Å². The molecule has 1 N–H and O–H groups in total. The second-order valence-corrected chi connectivity index (χ2v) is 21.7. The van der Waals surface area contributed by atoms with Gasteiger partial charge in [-0.05, 0) is 101 Å². The summed E-state index contributed by atoms with van der Waals surface area (Å²) < 4.78 is 52.9. The van der Waals surface area contributed by atoms with Crippen LogP contribution in [0, 0.1) is 23.7 Å². The van der Waals surface area contributed by atoms with Crippen molar-refractivity contribution in [1.82, 2.24) is 10.3 Å². The van der Waals surface area contributed by atoms with Gasteiger partial charge in [0.25, 0.3) is 0 Å². The summed E-state index contributed by atoms with van der Waals surface area (Å²) >= 11 is 31.5. The molecule has 17 heteroatoms. The molecule has 12 rings (SSSR count). The number of halogens is 5. The van der Waals surface area contributed by atoms with E-state index in [4.69, 9.17) is 100 Å². The maximum Gasteiger partial charge on any atom is 0.174 e. The Bertz CT molecular complexity index is 2300. The zero-order valence-electron chi connectivity index (χ0n) is 38.0. The summed E-state index contributed by atoms with van der Waals surface area (Å²) in [5.41, 5.74) is 3.54. The lowest BCUT2D eigenvalue weighted by Gasteiger charge is -2.48. The summed E-state index contributed by atoms with van der Waals surface area (Å²) in [6.45, 7) is 4.10. The lowest BCUT2D eigenvalue weighted by molar-refractivity contribution is -0.262. The van der Waals surface area contributed by atoms with Gasteiger partial charge >= 0.3 is 0 Å². The van der Waals surface area contributed by atoms with Crippen LogP contribution in [0.5, 0.6) is 0 Å². The Morgan fingerprint density at radius 1 is 0.582 bits per heavy atom. The third-order valence-corrected chi connectivity index (χ3v) is 16.9. The molecule has 0 amide bonds. The van der Waals surface area contributed by atoms with E-state index in [0.29, 0.717) is 130 Å². The van der Waals surface area contributed by atoms with Gasteiger partial charge < -0.3 is 47.3 Å². The van der Waals surface area contributed by atoms with Crippen molar-refractivity contribution in [3.8, 4) is 22.5 Å². The van der Waals surface area contributed by atoms with E-state index in [1.165, 1.54) is 0 Å². The maximum atomic E-state index is 10.5. The van der Waals surface area contributed by atoms with E-state index in [1.54, 1.807) is 32.4 Å². The van der Waals surface area contributed by atoms with Crippen LogP contribution in [0.3, 0.4) is 0 Å². The Balaban J connectivity index is 0.000000130. The fraction of sp³-hybridized carbons (Fsp3) is 0.640. The molecule has 4 aromatic rings. The fourth-order valence-electron chi connectivity index (χ4n) is 12.3. The van der Waals surface area contributed by atoms with E-state index < -0.39 is 17.0 Å². The standard InChI is InChI=1S/C25H29Cl2NO5.C13H10Cl3NO.C12H20O4/c1-29-14-24(11-16-7-8-17(12-24)25(16)30-9-10-31-25)32-13-18-22(28-33-23(18)15-5-6-15)21-19(26)3-2-4-20(21)27;14-6-8-12(17-18-13(8)7-4-5-7)11-9(15)2-1-3-10(11)16;1-14-8-11(13)6-9-2-3-10(7-11)12(9)15-4-5-16-12/h2-4,15-17H,5-14H2,1H3;1-3,7H,4-6H2;9-10,13H,2-8H2,1H3/t16-,17+,24?;;9-,10+,11?. The molecule has 6 saturated carbocycles. The van der Waals surface area contributed by atoms with Gasteiger partial charge in [0.2, 0.25) is 0 Å². The number of alkyl halides is 1. The predicted molar refractivity (Wildman–Crippen MR) is 254 cm³/mol. The molecule has 12 nitrogen and oxygen atoms in total. The highest BCUT2D eigenvalue weighted by atomic mass is 35.5. The molecule has 4 bridgehead atoms. The molecule has 2 unspecified atom stereocenters. The summed E-state index contributed by atoms with van der Waals surface area (Å²) in [5, 5.41) is 21.2. The first-order valence-electron chi connectivity index (χ1n) is 23.8. The van der Waals surface area contributed by atoms with Crippen molar-refractivity contribution in [2.45, 2.75) is 124 Å². The molecule has 8 aliphatic rings. The summed E-state index contributed by atoms with van der Waals surface area (Å²) in [7, 11) is 3.39. The molecule has 364 valence electrons. The monoisotopic (exact) mass is 1020 g/mol. The number of nitrogens with zero attached hydrogens (tertiary/aromatic N) is 2. The highest BCUT2D eigenvalue weighted by molar-refractivity contribution is 6.39. The minimum atomic E-state index is -0.666. The van der Waals surface area contributed by atoms with Gasteiger partial charge in [-0.1, -0.05) is 68.8 Å². The molecule has 6 aliphatic carbocycles. The van der Waals surface area contributed by atoms with Crippen LogP contribution < -0.4 is 0 Å². The number of benzene rings is 2. The zero-order chi connectivity index (χ0) is 46.6. The predicted octanol–water partition coefficient (Wildman–Crippen LogP) is 12.2. The average Bonchev–Trinajstić information content (AvgIpc) is 4.05. The first-order valence-corrected chi connectivity index (χ1v) is 25.8. The SMILES string of the molecule is COCC1(O)C[C@H]2CC[C@@H](C1)C21OCCO1.COCC1(OCc2c(-c3c(Cl)cccc3Cl)noc2C2CC2)C[C@H]2CC[C@@H](C1)C21OCCO1.ClCc1c(-c2c(Cl)cccc2Cl)noc1C1CC1. The number of methoxy groups -OCH3 is 2. The van der Waals surface area contributed by atoms with Crippen LogP contribution in [0.1, 0.15) is 112 Å². The molecule has 2 spiro atoms. The molecular weight excluding hydrogens is 966 g/mol. The van der Waals surface area contributed by atoms with Crippen LogP contribution in [-0.4, -0.2) is 92.1 Å². The molecule has 8 fully saturated rings. The number of ether oxygens (including phenoxy) is 7. The summed E-state index contributed by atoms with van der Waals surface area (Å²) in [6.07, 6.45) is 12.1. The van der Waals surface area contributed by atoms with Crippen LogP contribution in [0.4, 0.5) is 0 Å². The van der Waals surface area contributed by atoms with Gasteiger partial charge in [0.05, 0.1) is 83.4 Å². The molecular formula is C50H59Cl5N2O10. The van der Waals surface area contributed by atoms with E-state index in [2.05, 4.69) is 10.3 Å². The highest BCUT2D eigenvalue weighted by Gasteiger charge is 2.63. The van der Waals surface area contributed by atoms with Crippen LogP contribution in [0.2, 0.25) is 20.1 Å². The van der Waals surface area contributed by atoms with Gasteiger partial charge in [0.15, 0.2) is 11.6 Å². The summed E-state index contributed by atoms with van der Waals surface area (Å²) in [4.78, 5) is 0. The Labute approximate surface area is 416 Å². The number of hydrogen-bond acceptors (Lipinski definition) is 12. The van der Waals surface area contributed by atoms with Crippen LogP contribution in [0.15, 0.2) is 45.4 Å². The molecule has 67 heavy (non-hydrogen) atoms. The van der Waals surface area contributed by atoms with E-state index in [-0.39, 0.29) is 5.79 Å². The van der Waals surface area contributed by atoms with Gasteiger partial charge in [-0.3, -0.25) is 0 Å². The third kappa shape index (κ3) is 9.37. The minimum Gasteiger partial charge on any atom is -0.387 e. The Morgan fingerprint density at radius 3 is 1.39 bits per heavy atom. The number of hydrogen-bond donors (Lipinski definition) is 1. The van der Waals surface area contributed by atoms with E-state index in [0.717, 1.165) is 99.7 Å². The molecule has 6 atom stereocenters. The molecule has 4 heterocycles. The van der Waals surface area contributed by atoms with Crippen molar-refractivity contribution in [1.29, 1.82) is 0 Å². The minimum absolute atomic E-state index is 0.316. The number of aromatic nitrogens is 2. The first-order chi connectivity index (χ1) is 32.5. The van der Waals surface area contributed by atoms with E-state index in [9.17, 15) is 5.11 Å². The molecule has 0 radical (unpaired) electrons. The summed E-state index contributed by atoms with van der Waals surface area (Å²) in [6, 6.07) is 10.9. The smallest absolute Gasteiger partial charge is 0.174 e. The van der Waals surface area contributed by atoms with Crippen molar-refractivity contribution < 1.29 is 47.3 Å². The first kappa shape index (κ1) is 48.6. The third-order valence-electron chi connectivity index (χ3n) is 15.4. The van der Waals surface area contributed by atoms with Gasteiger partial charge in [-0.25, -0.2) is 0 Å². The van der Waals surface area contributed by atoms with Gasteiger partial charge in [-0.15, -0.1) is 11.6 Å². The number of aliphatic hydroxyl groups is 1. The van der Waals surface area contributed by atoms with Gasteiger partial charge in [0.1, 0.15) is 22.9 Å². The molecule has 2 aromatic heterocycles. The Morgan fingerprint density at radius 2 is 0.985 bits per heavy atom. The van der Waals surface area contributed by atoms with Crippen molar-refractivity contribution in [3.05, 3.63) is 79.1 Å². The molecule has 2 aliphatic heterocycles. The highest BCUT2D eigenvalue weighted by Crippen LogP contribution is 2.59. The van der Waals surface area contributed by atoms with E-state index in [1.807, 2.05) is 18.2 Å². The van der Waals surface area contributed by atoms with Gasteiger partial charge in [0, 0.05) is 72.0 Å². The number of rotatable bonds is 12. The van der Waals surface area contributed by atoms with Crippen LogP contribution in [-0.2, 0) is 45.6 Å². The van der Waals surface area contributed by atoms with Crippen molar-refractivity contribution in [2.75, 3.05) is 53.9 Å². The molecule has 2 saturated heterocycles. The topological polar surface area (TPSA) is 137 Å². The molecule has 2 aromatic carbocycles. The second kappa shape index (κ2) is 19.9. The second-order valence-electron chi connectivity index (χ2n) is 19.8. The lowest BCUT2D eigenvalue weighted by atomic mass is 9.73. The maximum absolute atomic E-state index is 10.5.